The maximum absolute atomic E-state index is 10.4. The van der Waals surface area contributed by atoms with E-state index < -0.39 is 0 Å². The lowest BCUT2D eigenvalue weighted by atomic mass is 10.1. The van der Waals surface area contributed by atoms with Crippen molar-refractivity contribution in [2.75, 3.05) is 13.7 Å². The molecule has 0 amide bonds. The smallest absolute Gasteiger partial charge is 0.189 e. The normalized spacial score (nSPS) is 22.4. The van der Waals surface area contributed by atoms with Gasteiger partial charge in [-0.25, -0.2) is 0 Å². The second kappa shape index (κ2) is 4.18. The summed E-state index contributed by atoms with van der Waals surface area (Å²) in [7, 11) is 1.92. The van der Waals surface area contributed by atoms with Gasteiger partial charge in [-0.15, -0.1) is 0 Å². The Morgan fingerprint density at radius 2 is 2.33 bits per heavy atom. The summed E-state index contributed by atoms with van der Waals surface area (Å²) in [5.41, 5.74) is 0.0393. The Morgan fingerprint density at radius 3 is 2.73 bits per heavy atom. The summed E-state index contributed by atoms with van der Waals surface area (Å²) in [6.07, 6.45) is 3.62. The van der Waals surface area contributed by atoms with Crippen LogP contribution in [0.3, 0.4) is 0 Å². The first kappa shape index (κ1) is 11.3. The number of carbonyl (C=O) groups is 1. The lowest BCUT2D eigenvalue weighted by molar-refractivity contribution is -0.104. The summed E-state index contributed by atoms with van der Waals surface area (Å²) in [6.45, 7) is 4.72. The van der Waals surface area contributed by atoms with Crippen LogP contribution in [0.25, 0.3) is 0 Å². The van der Waals surface area contributed by atoms with Gasteiger partial charge in [0.2, 0.25) is 0 Å². The molecule has 1 aliphatic heterocycles. The highest BCUT2D eigenvalue weighted by molar-refractivity contribution is 5.79. The van der Waals surface area contributed by atoms with Crippen LogP contribution in [0.1, 0.15) is 13.8 Å². The van der Waals surface area contributed by atoms with Gasteiger partial charge in [-0.05, 0) is 26.0 Å². The molecule has 1 rings (SSSR count). The minimum atomic E-state index is -0.0480. The van der Waals surface area contributed by atoms with E-state index in [1.165, 1.54) is 6.08 Å². The number of hydrogen-bond acceptors (Lipinski definition) is 4. The Hall–Kier alpha value is -1.76. The van der Waals surface area contributed by atoms with Crippen LogP contribution in [0.4, 0.5) is 0 Å². The van der Waals surface area contributed by atoms with Gasteiger partial charge in [0.05, 0.1) is 11.1 Å². The van der Waals surface area contributed by atoms with E-state index in [1.54, 1.807) is 12.1 Å². The molecule has 0 atom stereocenters. The third-order valence-corrected chi connectivity index (χ3v) is 2.47. The first-order valence-corrected chi connectivity index (χ1v) is 4.65. The summed E-state index contributed by atoms with van der Waals surface area (Å²) in [5, 5.41) is 8.54. The van der Waals surface area contributed by atoms with Gasteiger partial charge >= 0.3 is 0 Å². The number of likely N-dealkylation sites (N-methyl/N-ethyl adjacent to an activating group) is 1. The maximum atomic E-state index is 10.4. The molecule has 0 N–H and O–H groups in total. The van der Waals surface area contributed by atoms with Crippen molar-refractivity contribution in [3.8, 4) is 6.07 Å². The molecule has 0 aliphatic carbocycles. The first-order valence-electron chi connectivity index (χ1n) is 4.65. The summed E-state index contributed by atoms with van der Waals surface area (Å²) in [4.78, 5) is 12.4. The fourth-order valence-corrected chi connectivity index (χ4v) is 1.17. The molecule has 4 nitrogen and oxygen atoms in total. The van der Waals surface area contributed by atoms with Gasteiger partial charge in [0.25, 0.3) is 0 Å². The molecule has 15 heavy (non-hydrogen) atoms. The molecule has 4 heteroatoms. The Balaban J connectivity index is 2.84. The molecule has 0 spiro atoms. The number of carbonyl (C=O) groups excluding carboxylic acids is 1. The molecule has 0 aromatic heterocycles. The van der Waals surface area contributed by atoms with Crippen LogP contribution in [0, 0.1) is 11.3 Å². The van der Waals surface area contributed by atoms with Crippen molar-refractivity contribution < 1.29 is 9.53 Å². The van der Waals surface area contributed by atoms with E-state index in [9.17, 15) is 4.79 Å². The average Bonchev–Trinajstić information content (AvgIpc) is 2.46. The van der Waals surface area contributed by atoms with Gasteiger partial charge in [-0.1, -0.05) is 0 Å². The molecule has 1 aliphatic rings. The number of allylic oxidation sites excluding steroid dienone is 3. The van der Waals surface area contributed by atoms with Crippen LogP contribution in [0.2, 0.25) is 0 Å². The highest BCUT2D eigenvalue weighted by Gasteiger charge is 2.33. The number of ether oxygens (including phenoxy) is 1. The van der Waals surface area contributed by atoms with E-state index in [0.29, 0.717) is 18.8 Å². The predicted octanol–water partition coefficient (Wildman–Crippen LogP) is 1.22. The molecule has 1 heterocycles. The number of nitrogens with zero attached hydrogens (tertiary/aromatic N) is 2. The van der Waals surface area contributed by atoms with E-state index in [1.807, 2.05) is 11.9 Å². The molecule has 0 radical (unpaired) electrons. The van der Waals surface area contributed by atoms with Crippen molar-refractivity contribution >= 4 is 6.29 Å². The van der Waals surface area contributed by atoms with E-state index in [-0.39, 0.29) is 11.1 Å². The van der Waals surface area contributed by atoms with Gasteiger partial charge in [0, 0.05) is 7.05 Å². The fourth-order valence-electron chi connectivity index (χ4n) is 1.17. The van der Waals surface area contributed by atoms with Gasteiger partial charge in [0.1, 0.15) is 12.7 Å². The zero-order valence-corrected chi connectivity index (χ0v) is 9.15. The van der Waals surface area contributed by atoms with Gasteiger partial charge in [0.15, 0.2) is 12.2 Å². The molecule has 0 aromatic carbocycles. The zero-order chi connectivity index (χ0) is 11.5. The van der Waals surface area contributed by atoms with Crippen LogP contribution < -0.4 is 0 Å². The highest BCUT2D eigenvalue weighted by Crippen LogP contribution is 2.27. The topological polar surface area (TPSA) is 53.3 Å². The molecule has 1 saturated heterocycles. The van der Waals surface area contributed by atoms with E-state index in [2.05, 4.69) is 13.8 Å². The van der Waals surface area contributed by atoms with Crippen LogP contribution >= 0.6 is 0 Å². The van der Waals surface area contributed by atoms with Crippen molar-refractivity contribution in [1.82, 2.24) is 4.90 Å². The third kappa shape index (κ3) is 2.38. The van der Waals surface area contributed by atoms with Crippen molar-refractivity contribution in [1.29, 1.82) is 5.26 Å². The van der Waals surface area contributed by atoms with E-state index in [4.69, 9.17) is 10.00 Å². The largest absolute Gasteiger partial charge is 0.477 e. The maximum Gasteiger partial charge on any atom is 0.189 e. The second-order valence-corrected chi connectivity index (χ2v) is 4.02. The van der Waals surface area contributed by atoms with Gasteiger partial charge in [-0.3, -0.25) is 4.79 Å². The Labute approximate surface area is 89.4 Å². The predicted molar refractivity (Wildman–Crippen MR) is 55.6 cm³/mol. The summed E-state index contributed by atoms with van der Waals surface area (Å²) < 4.78 is 5.44. The standard InChI is InChI=1S/C11H14N2O2/c1-11(2)8-15-10(13(11)3)5-4-9(6-12)7-14/h4-5,7H,8H2,1-3H3/b9-4+,10-5+. The molecule has 0 unspecified atom stereocenters. The van der Waals surface area contributed by atoms with Gasteiger partial charge in [-0.2, -0.15) is 5.26 Å². The highest BCUT2D eigenvalue weighted by atomic mass is 16.5. The summed E-state index contributed by atoms with van der Waals surface area (Å²) >= 11 is 0. The minimum Gasteiger partial charge on any atom is -0.477 e. The number of rotatable bonds is 2. The summed E-state index contributed by atoms with van der Waals surface area (Å²) in [5.74, 6) is 0.676. The first-order chi connectivity index (χ1) is 7.01. The monoisotopic (exact) mass is 206 g/mol. The van der Waals surface area contributed by atoms with Crippen LogP contribution in [0.15, 0.2) is 23.6 Å². The van der Waals surface area contributed by atoms with Crippen molar-refractivity contribution in [2.24, 2.45) is 0 Å². The van der Waals surface area contributed by atoms with Crippen LogP contribution in [-0.4, -0.2) is 30.4 Å². The molecule has 1 fully saturated rings. The van der Waals surface area contributed by atoms with Crippen molar-refractivity contribution in [3.63, 3.8) is 0 Å². The Bertz CT molecular complexity index is 361. The molecular formula is C11H14N2O2. The number of aldehydes is 1. The zero-order valence-electron chi connectivity index (χ0n) is 9.15. The molecule has 0 bridgehead atoms. The lowest BCUT2D eigenvalue weighted by Crippen LogP contribution is -2.36. The van der Waals surface area contributed by atoms with Crippen LogP contribution in [-0.2, 0) is 9.53 Å². The average molecular weight is 206 g/mol. The quantitative estimate of drug-likeness (QED) is 0.387. The van der Waals surface area contributed by atoms with Gasteiger partial charge < -0.3 is 9.64 Å². The SMILES string of the molecule is CN1/C(=C\C=C(/C#N)C=O)OCC1(C)C. The molecule has 80 valence electrons. The Kier molecular flexibility index (Phi) is 3.15. The third-order valence-electron chi connectivity index (χ3n) is 2.47. The Morgan fingerprint density at radius 1 is 1.67 bits per heavy atom. The van der Waals surface area contributed by atoms with E-state index in [0.717, 1.165) is 0 Å². The minimum absolute atomic E-state index is 0.0480. The molecular weight excluding hydrogens is 192 g/mol. The second-order valence-electron chi connectivity index (χ2n) is 4.02. The van der Waals surface area contributed by atoms with E-state index >= 15 is 0 Å². The van der Waals surface area contributed by atoms with Crippen LogP contribution in [0.5, 0.6) is 0 Å². The number of hydrogen-bond donors (Lipinski definition) is 0. The van der Waals surface area contributed by atoms with Crippen molar-refractivity contribution in [2.45, 2.75) is 19.4 Å². The molecule has 0 saturated carbocycles. The molecule has 0 aromatic rings. The summed E-state index contributed by atoms with van der Waals surface area (Å²) in [6, 6.07) is 1.79. The lowest BCUT2D eigenvalue weighted by Gasteiger charge is -2.25. The fraction of sp³-hybridized carbons (Fsp3) is 0.455. The van der Waals surface area contributed by atoms with Crippen molar-refractivity contribution in [3.05, 3.63) is 23.6 Å². The number of nitriles is 1.